The molecule has 0 aromatic heterocycles. The molecule has 1 N–H and O–H groups in total. The lowest BCUT2D eigenvalue weighted by molar-refractivity contribution is -0.146. The largest absolute Gasteiger partial charge is 0.497 e. The standard InChI is InChI=1S/C33H38BrN3O6/c1-5-16-35(3)30(39)26-27-31(40)37(23(20-38)18-21-10-8-7-9-11-21)29(33(27)19-25(34)28(26)43-33)32(41)36(17-6-2)22-12-14-24(42-4)15-13-22/h5-15,23,25-29,38H,1-2,16-20H2,3-4H3/t23-,25?,26+,27+,28+,29?,33?/m1/s1. The van der Waals surface area contributed by atoms with Crippen molar-refractivity contribution in [3.63, 3.8) is 0 Å². The van der Waals surface area contributed by atoms with E-state index in [1.54, 1.807) is 55.5 Å². The number of likely N-dealkylation sites (N-methyl/N-ethyl adjacent to an activating group) is 1. The number of anilines is 1. The molecule has 0 aliphatic carbocycles. The molecule has 3 amide bonds. The lowest BCUT2D eigenvalue weighted by Gasteiger charge is -2.39. The van der Waals surface area contributed by atoms with Gasteiger partial charge in [-0.25, -0.2) is 0 Å². The zero-order valence-electron chi connectivity index (χ0n) is 24.5. The van der Waals surface area contributed by atoms with E-state index in [2.05, 4.69) is 29.1 Å². The summed E-state index contributed by atoms with van der Waals surface area (Å²) in [6.45, 7) is 7.74. The maximum absolute atomic E-state index is 14.8. The van der Waals surface area contributed by atoms with Crippen molar-refractivity contribution in [2.24, 2.45) is 11.8 Å². The fourth-order valence-electron chi connectivity index (χ4n) is 7.06. The molecule has 10 heteroatoms. The fourth-order valence-corrected chi connectivity index (χ4v) is 8.00. The molecular formula is C33H38BrN3O6. The fraction of sp³-hybridized carbons (Fsp3) is 0.424. The van der Waals surface area contributed by atoms with Gasteiger partial charge in [0.05, 0.1) is 37.7 Å². The summed E-state index contributed by atoms with van der Waals surface area (Å²) in [6.07, 6.45) is 3.37. The van der Waals surface area contributed by atoms with Crippen LogP contribution in [0.4, 0.5) is 5.69 Å². The van der Waals surface area contributed by atoms with E-state index < -0.39 is 35.6 Å². The third-order valence-corrected chi connectivity index (χ3v) is 9.75. The number of rotatable bonds is 12. The van der Waals surface area contributed by atoms with Gasteiger partial charge in [0.2, 0.25) is 11.8 Å². The Hall–Kier alpha value is -3.47. The van der Waals surface area contributed by atoms with Gasteiger partial charge in [0, 0.05) is 30.7 Å². The minimum atomic E-state index is -1.27. The molecule has 2 bridgehead atoms. The molecule has 3 fully saturated rings. The summed E-state index contributed by atoms with van der Waals surface area (Å²) in [4.78, 5) is 47.6. The number of hydrogen-bond donors (Lipinski definition) is 1. The Balaban J connectivity index is 1.62. The molecule has 7 atom stereocenters. The molecular weight excluding hydrogens is 614 g/mol. The molecule has 228 valence electrons. The Labute approximate surface area is 260 Å². The highest BCUT2D eigenvalue weighted by Gasteiger charge is 2.77. The zero-order valence-corrected chi connectivity index (χ0v) is 26.1. The van der Waals surface area contributed by atoms with Crippen molar-refractivity contribution in [1.82, 2.24) is 9.80 Å². The second-order valence-electron chi connectivity index (χ2n) is 11.4. The van der Waals surface area contributed by atoms with Crippen LogP contribution >= 0.6 is 15.9 Å². The van der Waals surface area contributed by atoms with Crippen molar-refractivity contribution >= 4 is 39.3 Å². The second-order valence-corrected chi connectivity index (χ2v) is 12.6. The van der Waals surface area contributed by atoms with Gasteiger partial charge in [0.1, 0.15) is 17.4 Å². The first-order chi connectivity index (χ1) is 20.7. The Morgan fingerprint density at radius 1 is 1.14 bits per heavy atom. The SMILES string of the molecule is C=CCN(C)C(=O)[C@H]1[C@H]2C(=O)N([C@@H](CO)Cc3ccccc3)C(C(=O)N(CC=C)c3ccc(OC)cc3)C23CC(Br)[C@@H]1O3. The van der Waals surface area contributed by atoms with E-state index in [1.807, 2.05) is 30.3 Å². The first kappa shape index (κ1) is 31.0. The van der Waals surface area contributed by atoms with Gasteiger partial charge >= 0.3 is 0 Å². The summed E-state index contributed by atoms with van der Waals surface area (Å²) in [5.74, 6) is -1.98. The Kier molecular flexibility index (Phi) is 9.10. The lowest BCUT2D eigenvalue weighted by Crippen LogP contribution is -2.59. The van der Waals surface area contributed by atoms with Crippen LogP contribution in [-0.4, -0.2) is 95.1 Å². The number of benzene rings is 2. The molecule has 2 aromatic rings. The predicted octanol–water partition coefficient (Wildman–Crippen LogP) is 3.21. The normalized spacial score (nSPS) is 27.9. The number of halogens is 1. The number of fused-ring (bicyclic) bond motifs is 1. The molecule has 3 saturated heterocycles. The van der Waals surface area contributed by atoms with Gasteiger partial charge in [-0.15, -0.1) is 13.2 Å². The number of alkyl halides is 1. The molecule has 0 saturated carbocycles. The van der Waals surface area contributed by atoms with Crippen LogP contribution in [0, 0.1) is 11.8 Å². The molecule has 9 nitrogen and oxygen atoms in total. The third-order valence-electron chi connectivity index (χ3n) is 8.91. The van der Waals surface area contributed by atoms with Crippen LogP contribution < -0.4 is 9.64 Å². The summed E-state index contributed by atoms with van der Waals surface area (Å²) in [5.41, 5.74) is 0.246. The Morgan fingerprint density at radius 3 is 2.42 bits per heavy atom. The highest BCUT2D eigenvalue weighted by atomic mass is 79.9. The molecule has 0 radical (unpaired) electrons. The first-order valence-electron chi connectivity index (χ1n) is 14.4. The van der Waals surface area contributed by atoms with Crippen molar-refractivity contribution in [3.05, 3.63) is 85.5 Å². The van der Waals surface area contributed by atoms with Crippen molar-refractivity contribution in [2.45, 2.75) is 41.5 Å². The number of aliphatic hydroxyl groups is 1. The van der Waals surface area contributed by atoms with E-state index in [9.17, 15) is 19.5 Å². The highest BCUT2D eigenvalue weighted by molar-refractivity contribution is 9.09. The molecule has 5 rings (SSSR count). The molecule has 3 heterocycles. The van der Waals surface area contributed by atoms with E-state index >= 15 is 0 Å². The van der Waals surface area contributed by atoms with E-state index in [4.69, 9.17) is 9.47 Å². The van der Waals surface area contributed by atoms with Crippen molar-refractivity contribution in [3.8, 4) is 5.75 Å². The average molecular weight is 653 g/mol. The number of carbonyl (C=O) groups is 3. The van der Waals surface area contributed by atoms with Gasteiger partial charge in [-0.2, -0.15) is 0 Å². The number of hydrogen-bond acceptors (Lipinski definition) is 6. The minimum absolute atomic E-state index is 0.179. The Bertz CT molecular complexity index is 1370. The van der Waals surface area contributed by atoms with Crippen LogP contribution in [0.1, 0.15) is 12.0 Å². The number of nitrogens with zero attached hydrogens (tertiary/aromatic N) is 3. The van der Waals surface area contributed by atoms with Gasteiger partial charge in [-0.05, 0) is 42.7 Å². The average Bonchev–Trinajstić information content (AvgIpc) is 3.62. The maximum Gasteiger partial charge on any atom is 0.253 e. The molecule has 2 aromatic carbocycles. The summed E-state index contributed by atoms with van der Waals surface area (Å²) >= 11 is 3.73. The number of likely N-dealkylation sites (tertiary alicyclic amines) is 1. The first-order valence-corrected chi connectivity index (χ1v) is 15.3. The predicted molar refractivity (Wildman–Crippen MR) is 167 cm³/mol. The van der Waals surface area contributed by atoms with Crippen LogP contribution in [0.25, 0.3) is 0 Å². The van der Waals surface area contributed by atoms with Crippen molar-refractivity contribution < 1.29 is 29.0 Å². The smallest absolute Gasteiger partial charge is 0.253 e. The second kappa shape index (κ2) is 12.6. The third kappa shape index (κ3) is 5.30. The van der Waals surface area contributed by atoms with Crippen LogP contribution in [0.3, 0.4) is 0 Å². The topological polar surface area (TPSA) is 99.6 Å². The summed E-state index contributed by atoms with van der Waals surface area (Å²) in [6, 6.07) is 14.8. The number of amides is 3. The number of methoxy groups -OCH3 is 1. The maximum atomic E-state index is 14.8. The van der Waals surface area contributed by atoms with Crippen molar-refractivity contribution in [1.29, 1.82) is 0 Å². The molecule has 3 aliphatic rings. The summed E-state index contributed by atoms with van der Waals surface area (Å²) < 4.78 is 12.0. The monoisotopic (exact) mass is 651 g/mol. The van der Waals surface area contributed by atoms with Gasteiger partial charge in [-0.3, -0.25) is 14.4 Å². The Morgan fingerprint density at radius 2 is 1.81 bits per heavy atom. The molecule has 1 spiro atoms. The van der Waals surface area contributed by atoms with Gasteiger partial charge in [0.15, 0.2) is 0 Å². The van der Waals surface area contributed by atoms with Gasteiger partial charge in [0.25, 0.3) is 5.91 Å². The summed E-state index contributed by atoms with van der Waals surface area (Å²) in [7, 11) is 3.24. The van der Waals surface area contributed by atoms with Crippen LogP contribution in [0.2, 0.25) is 0 Å². The number of carbonyl (C=O) groups excluding carboxylic acids is 3. The van der Waals surface area contributed by atoms with Gasteiger partial charge < -0.3 is 29.3 Å². The zero-order chi connectivity index (χ0) is 30.9. The minimum Gasteiger partial charge on any atom is -0.497 e. The van der Waals surface area contributed by atoms with Crippen LogP contribution in [-0.2, 0) is 25.5 Å². The van der Waals surface area contributed by atoms with E-state index in [0.717, 1.165) is 5.56 Å². The molecule has 3 unspecified atom stereocenters. The summed E-state index contributed by atoms with van der Waals surface area (Å²) in [5, 5.41) is 10.7. The number of aliphatic hydroxyl groups excluding tert-OH is 1. The van der Waals surface area contributed by atoms with Crippen LogP contribution in [0.5, 0.6) is 5.75 Å². The van der Waals surface area contributed by atoms with E-state index in [0.29, 0.717) is 30.8 Å². The lowest BCUT2D eigenvalue weighted by atomic mass is 9.70. The van der Waals surface area contributed by atoms with E-state index in [-0.39, 0.29) is 35.7 Å². The molecule has 3 aliphatic heterocycles. The van der Waals surface area contributed by atoms with Crippen LogP contribution in [0.15, 0.2) is 79.9 Å². The van der Waals surface area contributed by atoms with E-state index in [1.165, 1.54) is 9.80 Å². The molecule has 43 heavy (non-hydrogen) atoms. The highest BCUT2D eigenvalue weighted by Crippen LogP contribution is 2.61. The number of ether oxygens (including phenoxy) is 2. The van der Waals surface area contributed by atoms with Crippen molar-refractivity contribution in [2.75, 3.05) is 38.8 Å². The quantitative estimate of drug-likeness (QED) is 0.280. The van der Waals surface area contributed by atoms with Gasteiger partial charge in [-0.1, -0.05) is 58.4 Å².